The third kappa shape index (κ3) is 4.93. The van der Waals surface area contributed by atoms with Gasteiger partial charge in [-0.1, -0.05) is 48.0 Å². The second-order valence-corrected chi connectivity index (χ2v) is 8.67. The molecular weight excluding hydrogens is 460 g/mol. The molecule has 35 heavy (non-hydrogen) atoms. The van der Waals surface area contributed by atoms with E-state index in [4.69, 9.17) is 16.3 Å². The first kappa shape index (κ1) is 22.7. The Bertz CT molecular complexity index is 1470. The monoisotopic (exact) mass is 484 g/mol. The van der Waals surface area contributed by atoms with Crippen molar-refractivity contribution in [3.63, 3.8) is 0 Å². The molecule has 0 bridgehead atoms. The van der Waals surface area contributed by atoms with E-state index in [1.807, 2.05) is 60.7 Å². The Hall–Kier alpha value is -4.03. The molecule has 0 atom stereocenters. The maximum atomic E-state index is 12.9. The maximum Gasteiger partial charge on any atom is 0.225 e. The lowest BCUT2D eigenvalue weighted by atomic mass is 10.0. The number of anilines is 1. The number of rotatable bonds is 8. The zero-order valence-corrected chi connectivity index (χ0v) is 20.0. The van der Waals surface area contributed by atoms with Crippen LogP contribution in [0.5, 0.6) is 5.75 Å². The minimum absolute atomic E-state index is 0.0723. The van der Waals surface area contributed by atoms with Crippen molar-refractivity contribution in [2.75, 3.05) is 12.4 Å². The molecule has 5 aromatic rings. The molecule has 1 amide bonds. The van der Waals surface area contributed by atoms with Gasteiger partial charge in [0.15, 0.2) is 0 Å². The van der Waals surface area contributed by atoms with Gasteiger partial charge >= 0.3 is 0 Å². The van der Waals surface area contributed by atoms with Crippen LogP contribution in [0.1, 0.15) is 17.5 Å². The predicted molar refractivity (Wildman–Crippen MR) is 140 cm³/mol. The van der Waals surface area contributed by atoms with Gasteiger partial charge in [-0.05, 0) is 59.5 Å². The summed E-state index contributed by atoms with van der Waals surface area (Å²) in [6, 6.07) is 25.5. The van der Waals surface area contributed by atoms with Gasteiger partial charge in [-0.25, -0.2) is 4.68 Å². The van der Waals surface area contributed by atoms with Gasteiger partial charge in [-0.15, -0.1) is 0 Å². The lowest BCUT2D eigenvalue weighted by Gasteiger charge is -2.11. The Morgan fingerprint density at radius 3 is 2.60 bits per heavy atom. The summed E-state index contributed by atoms with van der Waals surface area (Å²) in [6.45, 7) is 0.479. The quantitative estimate of drug-likeness (QED) is 0.271. The summed E-state index contributed by atoms with van der Waals surface area (Å²) >= 11 is 6.30. The van der Waals surface area contributed by atoms with Crippen molar-refractivity contribution in [3.8, 4) is 17.0 Å². The van der Waals surface area contributed by atoms with Gasteiger partial charge in [0, 0.05) is 34.1 Å². The number of benzene rings is 3. The van der Waals surface area contributed by atoms with Gasteiger partial charge in [-0.3, -0.25) is 4.79 Å². The number of hydrogen-bond donors (Lipinski definition) is 2. The molecule has 0 saturated heterocycles. The molecule has 0 aliphatic heterocycles. The maximum absolute atomic E-state index is 12.9. The fourth-order valence-electron chi connectivity index (χ4n) is 4.26. The van der Waals surface area contributed by atoms with Gasteiger partial charge < -0.3 is 15.0 Å². The van der Waals surface area contributed by atoms with Crippen molar-refractivity contribution in [2.24, 2.45) is 0 Å². The van der Waals surface area contributed by atoms with E-state index >= 15 is 0 Å². The molecule has 0 saturated carbocycles. The SMILES string of the molecule is COc1ccc(-c2[nH]c3ccccc3c2CCC(=O)Nc2ccnn2Cc2ccccc2Cl)cc1. The van der Waals surface area contributed by atoms with Crippen molar-refractivity contribution in [3.05, 3.63) is 101 Å². The molecule has 0 fully saturated rings. The smallest absolute Gasteiger partial charge is 0.225 e. The minimum Gasteiger partial charge on any atom is -0.497 e. The van der Waals surface area contributed by atoms with Crippen molar-refractivity contribution in [1.82, 2.24) is 14.8 Å². The van der Waals surface area contributed by atoms with Crippen LogP contribution in [0.15, 0.2) is 85.1 Å². The van der Waals surface area contributed by atoms with Gasteiger partial charge in [0.05, 0.1) is 19.9 Å². The number of aryl methyl sites for hydroxylation is 1. The van der Waals surface area contributed by atoms with E-state index < -0.39 is 0 Å². The van der Waals surface area contributed by atoms with Crippen LogP contribution in [0.25, 0.3) is 22.2 Å². The zero-order valence-electron chi connectivity index (χ0n) is 19.3. The number of methoxy groups -OCH3 is 1. The molecule has 0 unspecified atom stereocenters. The van der Waals surface area contributed by atoms with Crippen LogP contribution in [0.3, 0.4) is 0 Å². The van der Waals surface area contributed by atoms with Crippen molar-refractivity contribution in [2.45, 2.75) is 19.4 Å². The molecule has 0 aliphatic carbocycles. The lowest BCUT2D eigenvalue weighted by molar-refractivity contribution is -0.116. The van der Waals surface area contributed by atoms with Gasteiger partial charge in [0.2, 0.25) is 5.91 Å². The summed E-state index contributed by atoms with van der Waals surface area (Å²) in [5.41, 5.74) is 5.17. The van der Waals surface area contributed by atoms with Crippen molar-refractivity contribution in [1.29, 1.82) is 0 Å². The second kappa shape index (κ2) is 10.1. The Labute approximate surface area is 208 Å². The van der Waals surface area contributed by atoms with Crippen LogP contribution in [-0.2, 0) is 17.8 Å². The molecule has 2 N–H and O–H groups in total. The summed E-state index contributed by atoms with van der Waals surface area (Å²) < 4.78 is 7.04. The van der Waals surface area contributed by atoms with Crippen LogP contribution >= 0.6 is 11.6 Å². The van der Waals surface area contributed by atoms with Crippen molar-refractivity contribution >= 4 is 34.2 Å². The van der Waals surface area contributed by atoms with Crippen LogP contribution < -0.4 is 10.1 Å². The number of carbonyl (C=O) groups is 1. The first-order valence-corrected chi connectivity index (χ1v) is 11.8. The molecule has 0 aliphatic rings. The number of H-pyrrole nitrogens is 1. The number of halogens is 1. The van der Waals surface area contributed by atoms with Crippen LogP contribution in [0, 0.1) is 0 Å². The van der Waals surface area contributed by atoms with Gasteiger partial charge in [-0.2, -0.15) is 5.10 Å². The molecule has 6 nitrogen and oxygen atoms in total. The Kier molecular flexibility index (Phi) is 6.55. The molecular formula is C28H25ClN4O2. The number of aromatic amines is 1. The van der Waals surface area contributed by atoms with E-state index in [1.54, 1.807) is 24.1 Å². The van der Waals surface area contributed by atoms with E-state index in [1.165, 1.54) is 0 Å². The summed E-state index contributed by atoms with van der Waals surface area (Å²) in [7, 11) is 1.66. The number of para-hydroxylation sites is 1. The molecule has 0 radical (unpaired) electrons. The topological polar surface area (TPSA) is 71.9 Å². The highest BCUT2D eigenvalue weighted by atomic mass is 35.5. The molecule has 2 aromatic heterocycles. The lowest BCUT2D eigenvalue weighted by Crippen LogP contribution is -2.16. The summed E-state index contributed by atoms with van der Waals surface area (Å²) in [4.78, 5) is 16.5. The van der Waals surface area contributed by atoms with E-state index in [-0.39, 0.29) is 5.91 Å². The molecule has 7 heteroatoms. The van der Waals surface area contributed by atoms with E-state index in [0.717, 1.165) is 39.0 Å². The molecule has 3 aromatic carbocycles. The van der Waals surface area contributed by atoms with Crippen LogP contribution in [0.2, 0.25) is 5.02 Å². The summed E-state index contributed by atoms with van der Waals surface area (Å²) in [5.74, 6) is 1.38. The standard InChI is InChI=1S/C28H25ClN4O2/c1-35-21-12-10-19(11-13-21)28-23(22-7-3-5-9-25(22)31-28)14-15-27(34)32-26-16-17-30-33(26)18-20-6-2-4-8-24(20)29/h2-13,16-17,31H,14-15,18H2,1H3,(H,32,34). The number of nitrogens with one attached hydrogen (secondary N) is 2. The highest BCUT2D eigenvalue weighted by Gasteiger charge is 2.16. The third-order valence-electron chi connectivity index (χ3n) is 6.06. The summed E-state index contributed by atoms with van der Waals surface area (Å²) in [6.07, 6.45) is 2.60. The number of amides is 1. The van der Waals surface area contributed by atoms with Gasteiger partial charge in [0.1, 0.15) is 11.6 Å². The fraction of sp³-hybridized carbons (Fsp3) is 0.143. The highest BCUT2D eigenvalue weighted by Crippen LogP contribution is 2.32. The average molecular weight is 485 g/mol. The normalized spacial score (nSPS) is 11.0. The van der Waals surface area contributed by atoms with E-state index in [0.29, 0.717) is 30.2 Å². The molecule has 2 heterocycles. The predicted octanol–water partition coefficient (Wildman–Crippen LogP) is 6.31. The number of nitrogens with zero attached hydrogens (tertiary/aromatic N) is 2. The average Bonchev–Trinajstić information content (AvgIpc) is 3.48. The largest absolute Gasteiger partial charge is 0.497 e. The third-order valence-corrected chi connectivity index (χ3v) is 6.43. The zero-order chi connectivity index (χ0) is 24.2. The number of aromatic nitrogens is 3. The first-order chi connectivity index (χ1) is 17.1. The Balaban J connectivity index is 1.33. The first-order valence-electron chi connectivity index (χ1n) is 11.4. The fourth-order valence-corrected chi connectivity index (χ4v) is 4.46. The number of carbonyl (C=O) groups excluding carboxylic acids is 1. The van der Waals surface area contributed by atoms with Crippen LogP contribution in [-0.4, -0.2) is 27.8 Å². The van der Waals surface area contributed by atoms with Gasteiger partial charge in [0.25, 0.3) is 0 Å². The van der Waals surface area contributed by atoms with Crippen molar-refractivity contribution < 1.29 is 9.53 Å². The van der Waals surface area contributed by atoms with E-state index in [2.05, 4.69) is 27.5 Å². The Morgan fingerprint density at radius 2 is 1.80 bits per heavy atom. The number of hydrogen-bond acceptors (Lipinski definition) is 3. The molecule has 176 valence electrons. The van der Waals surface area contributed by atoms with Crippen LogP contribution in [0.4, 0.5) is 5.82 Å². The molecule has 5 rings (SSSR count). The summed E-state index contributed by atoms with van der Waals surface area (Å²) in [5, 5.41) is 9.15. The minimum atomic E-state index is -0.0723. The molecule has 0 spiro atoms. The second-order valence-electron chi connectivity index (χ2n) is 8.27. The highest BCUT2D eigenvalue weighted by molar-refractivity contribution is 6.31. The van der Waals surface area contributed by atoms with E-state index in [9.17, 15) is 4.79 Å². The number of ether oxygens (including phenoxy) is 1. The Morgan fingerprint density at radius 1 is 1.03 bits per heavy atom. The number of fused-ring (bicyclic) bond motifs is 1.